The molecule has 3 heterocycles. The molecule has 7 nitrogen and oxygen atoms in total. The topological polar surface area (TPSA) is 73.3 Å². The van der Waals surface area contributed by atoms with E-state index in [0.29, 0.717) is 5.92 Å². The number of nitrogens with zero attached hydrogens (tertiary/aromatic N) is 5. The van der Waals surface area contributed by atoms with Gasteiger partial charge >= 0.3 is 0 Å². The molecular formula is C27H35N5O2. The van der Waals surface area contributed by atoms with E-state index >= 15 is 0 Å². The van der Waals surface area contributed by atoms with Crippen molar-refractivity contribution in [3.63, 3.8) is 0 Å². The van der Waals surface area contributed by atoms with E-state index in [0.717, 1.165) is 105 Å². The van der Waals surface area contributed by atoms with Crippen molar-refractivity contribution in [3.8, 4) is 5.75 Å². The van der Waals surface area contributed by atoms with Crippen LogP contribution in [-0.4, -0.2) is 52.3 Å². The van der Waals surface area contributed by atoms with Gasteiger partial charge in [0.15, 0.2) is 0 Å². The van der Waals surface area contributed by atoms with E-state index in [1.807, 2.05) is 0 Å². The van der Waals surface area contributed by atoms with Gasteiger partial charge in [-0.15, -0.1) is 0 Å². The Kier molecular flexibility index (Phi) is 7.19. The number of benzene rings is 1. The van der Waals surface area contributed by atoms with Gasteiger partial charge in [-0.05, 0) is 63.5 Å². The minimum atomic E-state index is 0.212. The summed E-state index contributed by atoms with van der Waals surface area (Å²) in [7, 11) is 0. The Morgan fingerprint density at radius 2 is 1.79 bits per heavy atom. The normalized spacial score (nSPS) is 21.1. The number of hydrogen-bond donors (Lipinski definition) is 0. The molecule has 0 atom stereocenters. The number of ether oxygens (including phenoxy) is 2. The van der Waals surface area contributed by atoms with E-state index in [2.05, 4.69) is 51.9 Å². The molecule has 34 heavy (non-hydrogen) atoms. The molecule has 1 aliphatic heterocycles. The molecule has 2 fully saturated rings. The largest absolute Gasteiger partial charge is 0.488 e. The average molecular weight is 462 g/mol. The van der Waals surface area contributed by atoms with E-state index in [-0.39, 0.29) is 6.10 Å². The summed E-state index contributed by atoms with van der Waals surface area (Å²) in [6, 6.07) is 6.42. The zero-order valence-corrected chi connectivity index (χ0v) is 20.4. The van der Waals surface area contributed by atoms with E-state index in [1.165, 1.54) is 5.69 Å². The van der Waals surface area contributed by atoms with Gasteiger partial charge in [0.1, 0.15) is 17.1 Å². The molecule has 0 unspecified atom stereocenters. The Hall–Kier alpha value is -2.80. The van der Waals surface area contributed by atoms with Gasteiger partial charge in [-0.3, -0.25) is 4.98 Å². The summed E-state index contributed by atoms with van der Waals surface area (Å²) in [4.78, 5) is 20.9. The van der Waals surface area contributed by atoms with Gasteiger partial charge in [-0.25, -0.2) is 15.0 Å². The number of fused-ring (bicyclic) bond motifs is 1. The van der Waals surface area contributed by atoms with E-state index in [1.54, 1.807) is 12.4 Å². The third kappa shape index (κ3) is 5.46. The maximum Gasteiger partial charge on any atom is 0.149 e. The number of rotatable bonds is 7. The van der Waals surface area contributed by atoms with Gasteiger partial charge < -0.3 is 14.4 Å². The van der Waals surface area contributed by atoms with Crippen molar-refractivity contribution in [2.45, 2.75) is 64.9 Å². The van der Waals surface area contributed by atoms with Crippen LogP contribution < -0.4 is 9.64 Å². The third-order valence-electron chi connectivity index (χ3n) is 6.91. The van der Waals surface area contributed by atoms with Crippen LogP contribution in [0.5, 0.6) is 5.75 Å². The molecule has 2 aromatic heterocycles. The minimum Gasteiger partial charge on any atom is -0.488 e. The predicted molar refractivity (Wildman–Crippen MR) is 133 cm³/mol. The van der Waals surface area contributed by atoms with Crippen LogP contribution in [0.1, 0.15) is 56.2 Å². The van der Waals surface area contributed by atoms with Gasteiger partial charge in [0.2, 0.25) is 0 Å². The highest BCUT2D eigenvalue weighted by Crippen LogP contribution is 2.34. The first-order chi connectivity index (χ1) is 16.7. The number of morpholine rings is 1. The molecule has 7 heteroatoms. The van der Waals surface area contributed by atoms with Crippen molar-refractivity contribution in [2.75, 3.05) is 31.2 Å². The highest BCUT2D eigenvalue weighted by Gasteiger charge is 2.25. The minimum absolute atomic E-state index is 0.212. The number of aryl methyl sites for hydroxylation is 2. The quantitative estimate of drug-likeness (QED) is 0.505. The fourth-order valence-electron chi connectivity index (χ4n) is 5.19. The first-order valence-corrected chi connectivity index (χ1v) is 12.8. The van der Waals surface area contributed by atoms with Gasteiger partial charge in [0, 0.05) is 55.0 Å². The summed E-state index contributed by atoms with van der Waals surface area (Å²) < 4.78 is 12.1. The van der Waals surface area contributed by atoms with Crippen molar-refractivity contribution < 1.29 is 9.47 Å². The van der Waals surface area contributed by atoms with Gasteiger partial charge in [0.05, 0.1) is 24.8 Å². The van der Waals surface area contributed by atoms with E-state index in [9.17, 15) is 0 Å². The molecular weight excluding hydrogens is 426 g/mol. The van der Waals surface area contributed by atoms with Crippen molar-refractivity contribution in [2.24, 2.45) is 5.92 Å². The van der Waals surface area contributed by atoms with Crippen molar-refractivity contribution in [1.29, 1.82) is 0 Å². The third-order valence-corrected chi connectivity index (χ3v) is 6.91. The fraction of sp³-hybridized carbons (Fsp3) is 0.556. The lowest BCUT2D eigenvalue weighted by molar-refractivity contribution is 0.122. The highest BCUT2D eigenvalue weighted by atomic mass is 16.5. The van der Waals surface area contributed by atoms with Crippen molar-refractivity contribution in [3.05, 3.63) is 47.8 Å². The monoisotopic (exact) mass is 461 g/mol. The molecule has 3 aromatic rings. The van der Waals surface area contributed by atoms with Crippen LogP contribution in [0.15, 0.2) is 30.6 Å². The molecule has 0 N–H and O–H groups in total. The van der Waals surface area contributed by atoms with E-state index in [4.69, 9.17) is 14.5 Å². The lowest BCUT2D eigenvalue weighted by atomic mass is 9.84. The Morgan fingerprint density at radius 3 is 2.59 bits per heavy atom. The van der Waals surface area contributed by atoms with Crippen LogP contribution in [0.3, 0.4) is 0 Å². The van der Waals surface area contributed by atoms with E-state index < -0.39 is 0 Å². The maximum atomic E-state index is 6.58. The Labute approximate surface area is 201 Å². The first kappa shape index (κ1) is 23.0. The standard InChI is InChI=1S/C27H35N5O2/c1-3-4-26-30-19(2)15-21(31-26)16-20-5-7-23(8-6-20)34-25-18-22(32-11-13-33-14-12-32)17-24-27(25)29-10-9-28-24/h9-10,15,17-18,20,23H,3-8,11-14,16H2,1-2H3. The molecule has 1 aliphatic carbocycles. The van der Waals surface area contributed by atoms with Crippen molar-refractivity contribution >= 4 is 16.7 Å². The molecule has 1 saturated heterocycles. The van der Waals surface area contributed by atoms with Crippen LogP contribution in [0, 0.1) is 12.8 Å². The lowest BCUT2D eigenvalue weighted by Gasteiger charge is -2.31. The number of anilines is 1. The molecule has 0 amide bonds. The number of aromatic nitrogens is 4. The Balaban J connectivity index is 1.25. The Bertz CT molecular complexity index is 1110. The highest BCUT2D eigenvalue weighted by molar-refractivity contribution is 5.85. The zero-order chi connectivity index (χ0) is 23.3. The molecule has 2 aliphatic rings. The van der Waals surface area contributed by atoms with Crippen LogP contribution in [-0.2, 0) is 17.6 Å². The SMILES string of the molecule is CCCc1nc(C)cc(CC2CCC(Oc3cc(N4CCOCC4)cc4nccnc34)CC2)n1. The average Bonchev–Trinajstić information content (AvgIpc) is 2.85. The van der Waals surface area contributed by atoms with Crippen LogP contribution in [0.2, 0.25) is 0 Å². The molecule has 0 radical (unpaired) electrons. The van der Waals surface area contributed by atoms with Crippen LogP contribution in [0.25, 0.3) is 11.0 Å². The smallest absolute Gasteiger partial charge is 0.149 e. The summed E-state index contributed by atoms with van der Waals surface area (Å²) >= 11 is 0. The molecule has 0 bridgehead atoms. The summed E-state index contributed by atoms with van der Waals surface area (Å²) in [5.41, 5.74) is 5.15. The second kappa shape index (κ2) is 10.6. The lowest BCUT2D eigenvalue weighted by Crippen LogP contribution is -2.36. The fourth-order valence-corrected chi connectivity index (χ4v) is 5.19. The second-order valence-corrected chi connectivity index (χ2v) is 9.60. The van der Waals surface area contributed by atoms with Gasteiger partial charge in [-0.1, -0.05) is 6.92 Å². The molecule has 1 saturated carbocycles. The summed E-state index contributed by atoms with van der Waals surface area (Å²) in [6.07, 6.45) is 11.2. The molecule has 1 aromatic carbocycles. The first-order valence-electron chi connectivity index (χ1n) is 12.8. The summed E-state index contributed by atoms with van der Waals surface area (Å²) in [5, 5.41) is 0. The Morgan fingerprint density at radius 1 is 1.00 bits per heavy atom. The van der Waals surface area contributed by atoms with Gasteiger partial charge in [-0.2, -0.15) is 0 Å². The molecule has 0 spiro atoms. The molecule has 180 valence electrons. The van der Waals surface area contributed by atoms with Crippen molar-refractivity contribution in [1.82, 2.24) is 19.9 Å². The van der Waals surface area contributed by atoms with Crippen LogP contribution in [0.4, 0.5) is 5.69 Å². The second-order valence-electron chi connectivity index (χ2n) is 9.60. The molecule has 5 rings (SSSR count). The number of hydrogen-bond acceptors (Lipinski definition) is 7. The maximum absolute atomic E-state index is 6.58. The van der Waals surface area contributed by atoms with Crippen LogP contribution >= 0.6 is 0 Å². The summed E-state index contributed by atoms with van der Waals surface area (Å²) in [6.45, 7) is 7.54. The predicted octanol–water partition coefficient (Wildman–Crippen LogP) is 4.70. The summed E-state index contributed by atoms with van der Waals surface area (Å²) in [5.74, 6) is 2.49. The van der Waals surface area contributed by atoms with Gasteiger partial charge in [0.25, 0.3) is 0 Å². The zero-order valence-electron chi connectivity index (χ0n) is 20.4.